The van der Waals surface area contributed by atoms with Crippen LogP contribution in [0.15, 0.2) is 59.1 Å². The molecule has 1 aliphatic heterocycles. The molecule has 3 N–H and O–H groups in total. The monoisotopic (exact) mass is 376 g/mol. The van der Waals surface area contributed by atoms with Crippen LogP contribution in [0, 0.1) is 5.41 Å². The predicted molar refractivity (Wildman–Crippen MR) is 105 cm³/mol. The molecule has 7 nitrogen and oxygen atoms in total. The van der Waals surface area contributed by atoms with Crippen LogP contribution in [0.1, 0.15) is 29.0 Å². The SMILES string of the molecule is N=C(c1ccc(-c2cc(C(N)=O)on2)c(Oc2ccccc2)c1)N1CCCC1. The molecule has 0 saturated carbocycles. The number of nitrogens with two attached hydrogens (primary N) is 1. The van der Waals surface area contributed by atoms with Crippen LogP contribution in [-0.2, 0) is 0 Å². The van der Waals surface area contributed by atoms with Crippen LogP contribution in [0.4, 0.5) is 0 Å². The number of hydrogen-bond acceptors (Lipinski definition) is 5. The van der Waals surface area contributed by atoms with E-state index in [4.69, 9.17) is 20.4 Å². The van der Waals surface area contributed by atoms with Crippen molar-refractivity contribution in [2.24, 2.45) is 5.73 Å². The Labute approximate surface area is 162 Å². The summed E-state index contributed by atoms with van der Waals surface area (Å²) < 4.78 is 11.1. The fraction of sp³-hybridized carbons (Fsp3) is 0.190. The number of likely N-dealkylation sites (tertiary alicyclic amines) is 1. The number of aromatic nitrogens is 1. The third-order valence-electron chi connectivity index (χ3n) is 4.68. The molecule has 1 aliphatic rings. The maximum atomic E-state index is 11.3. The van der Waals surface area contributed by atoms with Crippen molar-refractivity contribution in [3.05, 3.63) is 65.9 Å². The second-order valence-corrected chi connectivity index (χ2v) is 6.61. The Bertz CT molecular complexity index is 1010. The van der Waals surface area contributed by atoms with Gasteiger partial charge in [0, 0.05) is 30.3 Å². The zero-order valence-electron chi connectivity index (χ0n) is 15.2. The fourth-order valence-corrected chi connectivity index (χ4v) is 3.22. The Balaban J connectivity index is 1.73. The Morgan fingerprint density at radius 1 is 1.11 bits per heavy atom. The number of ether oxygens (including phenoxy) is 1. The molecule has 142 valence electrons. The molecule has 1 aromatic heterocycles. The highest BCUT2D eigenvalue weighted by atomic mass is 16.5. The topological polar surface area (TPSA) is 105 Å². The van der Waals surface area contributed by atoms with Gasteiger partial charge in [0.05, 0.1) is 0 Å². The minimum atomic E-state index is -0.684. The van der Waals surface area contributed by atoms with Gasteiger partial charge >= 0.3 is 0 Å². The molecule has 0 unspecified atom stereocenters. The van der Waals surface area contributed by atoms with Crippen molar-refractivity contribution >= 4 is 11.7 Å². The summed E-state index contributed by atoms with van der Waals surface area (Å²) in [6.07, 6.45) is 2.20. The van der Waals surface area contributed by atoms with Gasteiger partial charge in [0.2, 0.25) is 5.76 Å². The van der Waals surface area contributed by atoms with Crippen molar-refractivity contribution in [3.63, 3.8) is 0 Å². The minimum absolute atomic E-state index is 0.0189. The molecular weight excluding hydrogens is 356 g/mol. The molecule has 3 aromatic rings. The van der Waals surface area contributed by atoms with Crippen LogP contribution in [0.25, 0.3) is 11.3 Å². The Morgan fingerprint density at radius 2 is 1.86 bits per heavy atom. The molecule has 0 radical (unpaired) electrons. The second kappa shape index (κ2) is 7.56. The van der Waals surface area contributed by atoms with Gasteiger partial charge in [-0.1, -0.05) is 29.4 Å². The van der Waals surface area contributed by atoms with E-state index < -0.39 is 5.91 Å². The van der Waals surface area contributed by atoms with E-state index >= 15 is 0 Å². The molecule has 4 rings (SSSR count). The number of benzene rings is 2. The molecule has 0 spiro atoms. The number of para-hydroxylation sites is 1. The molecule has 0 atom stereocenters. The lowest BCUT2D eigenvalue weighted by atomic mass is 10.1. The fourth-order valence-electron chi connectivity index (χ4n) is 3.22. The van der Waals surface area contributed by atoms with Gasteiger partial charge in [-0.25, -0.2) is 0 Å². The van der Waals surface area contributed by atoms with E-state index in [-0.39, 0.29) is 5.76 Å². The quantitative estimate of drug-likeness (QED) is 0.522. The first kappa shape index (κ1) is 17.8. The lowest BCUT2D eigenvalue weighted by Gasteiger charge is -2.19. The zero-order chi connectivity index (χ0) is 19.5. The number of amidine groups is 1. The van der Waals surface area contributed by atoms with Crippen molar-refractivity contribution in [2.75, 3.05) is 13.1 Å². The van der Waals surface area contributed by atoms with Crippen molar-refractivity contribution in [3.8, 4) is 22.8 Å². The first-order valence-electron chi connectivity index (χ1n) is 9.09. The molecule has 1 fully saturated rings. The summed E-state index contributed by atoms with van der Waals surface area (Å²) in [4.78, 5) is 13.4. The van der Waals surface area contributed by atoms with Crippen molar-refractivity contribution in [2.45, 2.75) is 12.8 Å². The molecule has 1 saturated heterocycles. The van der Waals surface area contributed by atoms with E-state index in [1.165, 1.54) is 6.07 Å². The molecule has 2 heterocycles. The van der Waals surface area contributed by atoms with Crippen LogP contribution < -0.4 is 10.5 Å². The summed E-state index contributed by atoms with van der Waals surface area (Å²) in [5, 5.41) is 12.5. The number of carbonyl (C=O) groups is 1. The third kappa shape index (κ3) is 3.59. The summed E-state index contributed by atoms with van der Waals surface area (Å²) in [5.41, 5.74) is 7.12. The highest BCUT2D eigenvalue weighted by Crippen LogP contribution is 2.34. The third-order valence-corrected chi connectivity index (χ3v) is 4.68. The highest BCUT2D eigenvalue weighted by molar-refractivity contribution is 5.98. The summed E-state index contributed by atoms with van der Waals surface area (Å²) in [6, 6.07) is 16.3. The smallest absolute Gasteiger partial charge is 0.287 e. The Hall–Kier alpha value is -3.61. The van der Waals surface area contributed by atoms with E-state index in [9.17, 15) is 4.79 Å². The van der Waals surface area contributed by atoms with Crippen LogP contribution in [0.3, 0.4) is 0 Å². The van der Waals surface area contributed by atoms with E-state index in [1.807, 2.05) is 48.5 Å². The van der Waals surface area contributed by atoms with Gasteiger partial charge in [-0.15, -0.1) is 0 Å². The van der Waals surface area contributed by atoms with Gasteiger partial charge < -0.3 is 19.9 Å². The van der Waals surface area contributed by atoms with Gasteiger partial charge in [0.25, 0.3) is 5.91 Å². The molecule has 2 aromatic carbocycles. The first-order valence-corrected chi connectivity index (χ1v) is 9.09. The number of primary amides is 1. The first-order chi connectivity index (χ1) is 13.6. The van der Waals surface area contributed by atoms with E-state index in [0.717, 1.165) is 31.5 Å². The molecule has 28 heavy (non-hydrogen) atoms. The predicted octanol–water partition coefficient (Wildman–Crippen LogP) is 3.65. The summed E-state index contributed by atoms with van der Waals surface area (Å²) >= 11 is 0. The summed E-state index contributed by atoms with van der Waals surface area (Å²) in [7, 11) is 0. The number of amides is 1. The van der Waals surface area contributed by atoms with E-state index in [0.29, 0.717) is 28.6 Å². The van der Waals surface area contributed by atoms with Gasteiger partial charge in [0.15, 0.2) is 0 Å². The van der Waals surface area contributed by atoms with E-state index in [2.05, 4.69) is 10.1 Å². The Kier molecular flexibility index (Phi) is 4.80. The van der Waals surface area contributed by atoms with Crippen LogP contribution in [0.2, 0.25) is 0 Å². The number of hydrogen-bond donors (Lipinski definition) is 2. The van der Waals surface area contributed by atoms with Crippen LogP contribution >= 0.6 is 0 Å². The maximum absolute atomic E-state index is 11.3. The highest BCUT2D eigenvalue weighted by Gasteiger charge is 2.20. The zero-order valence-corrected chi connectivity index (χ0v) is 15.2. The maximum Gasteiger partial charge on any atom is 0.287 e. The summed E-state index contributed by atoms with van der Waals surface area (Å²) in [5.74, 6) is 0.954. The largest absolute Gasteiger partial charge is 0.457 e. The number of nitrogens with zero attached hydrogens (tertiary/aromatic N) is 2. The van der Waals surface area contributed by atoms with Gasteiger partial charge in [0.1, 0.15) is 23.0 Å². The van der Waals surface area contributed by atoms with Crippen molar-refractivity contribution < 1.29 is 14.1 Å². The molecule has 7 heteroatoms. The number of carbonyl (C=O) groups excluding carboxylic acids is 1. The van der Waals surface area contributed by atoms with E-state index in [1.54, 1.807) is 0 Å². The second-order valence-electron chi connectivity index (χ2n) is 6.61. The van der Waals surface area contributed by atoms with Gasteiger partial charge in [-0.3, -0.25) is 10.2 Å². The average Bonchev–Trinajstić information content (AvgIpc) is 3.40. The molecule has 0 aliphatic carbocycles. The van der Waals surface area contributed by atoms with Crippen molar-refractivity contribution in [1.29, 1.82) is 5.41 Å². The number of rotatable bonds is 5. The lowest BCUT2D eigenvalue weighted by molar-refractivity contribution is 0.0965. The standard InChI is InChI=1S/C21H20N4O3/c22-20(25-10-4-5-11-25)14-8-9-16(17-13-19(21(23)26)28-24-17)18(12-14)27-15-6-2-1-3-7-15/h1-3,6-9,12-13,22H,4-5,10-11H2,(H2,23,26). The summed E-state index contributed by atoms with van der Waals surface area (Å²) in [6.45, 7) is 1.78. The minimum Gasteiger partial charge on any atom is -0.457 e. The molecule has 0 bridgehead atoms. The van der Waals surface area contributed by atoms with Gasteiger partial charge in [-0.2, -0.15) is 0 Å². The average molecular weight is 376 g/mol. The van der Waals surface area contributed by atoms with Gasteiger partial charge in [-0.05, 0) is 37.1 Å². The Morgan fingerprint density at radius 3 is 2.54 bits per heavy atom. The van der Waals surface area contributed by atoms with Crippen LogP contribution in [0.5, 0.6) is 11.5 Å². The number of nitrogens with one attached hydrogen (secondary N) is 1. The lowest BCUT2D eigenvalue weighted by Crippen LogP contribution is -2.27. The van der Waals surface area contributed by atoms with Crippen molar-refractivity contribution in [1.82, 2.24) is 10.1 Å². The molecule has 1 amide bonds. The molecular formula is C21H20N4O3. The normalized spacial score (nSPS) is 13.5. The van der Waals surface area contributed by atoms with Crippen LogP contribution in [-0.4, -0.2) is 34.9 Å².